The maximum Gasteiger partial charge on any atom is 0.251 e. The van der Waals surface area contributed by atoms with E-state index in [9.17, 15) is 9.59 Å². The lowest BCUT2D eigenvalue weighted by molar-refractivity contribution is -0.131. The van der Waals surface area contributed by atoms with Crippen LogP contribution < -0.4 is 5.32 Å². The largest absolute Gasteiger partial charge is 0.352 e. The fourth-order valence-corrected chi connectivity index (χ4v) is 4.64. The van der Waals surface area contributed by atoms with E-state index in [1.807, 2.05) is 30.9 Å². The average molecular weight is 443 g/mol. The second kappa shape index (κ2) is 8.62. The molecule has 30 heavy (non-hydrogen) atoms. The fraction of sp³-hybridized carbons (Fsp3) is 0.318. The fourth-order valence-electron chi connectivity index (χ4n) is 3.63. The Morgan fingerprint density at radius 1 is 1.20 bits per heavy atom. The maximum absolute atomic E-state index is 12.5. The molecule has 0 aliphatic carbocycles. The lowest BCUT2D eigenvalue weighted by Crippen LogP contribution is -2.37. The highest BCUT2D eigenvalue weighted by molar-refractivity contribution is 7.10. The van der Waals surface area contributed by atoms with Gasteiger partial charge in [-0.15, -0.1) is 11.3 Å². The van der Waals surface area contributed by atoms with Crippen LogP contribution in [0.5, 0.6) is 0 Å². The lowest BCUT2D eigenvalue weighted by atomic mass is 10.1. The third-order valence-electron chi connectivity index (χ3n) is 5.36. The topological polar surface area (TPSA) is 67.2 Å². The average Bonchev–Trinajstić information content (AvgIpc) is 3.33. The Balaban J connectivity index is 1.30. The highest BCUT2D eigenvalue weighted by Crippen LogP contribution is 2.24. The number of amides is 2. The quantitative estimate of drug-likeness (QED) is 0.651. The van der Waals surface area contributed by atoms with E-state index in [2.05, 4.69) is 21.9 Å². The minimum absolute atomic E-state index is 0.0731. The molecule has 0 radical (unpaired) electrons. The summed E-state index contributed by atoms with van der Waals surface area (Å²) in [7, 11) is 0. The van der Waals surface area contributed by atoms with Crippen molar-refractivity contribution in [1.82, 2.24) is 20.0 Å². The van der Waals surface area contributed by atoms with Crippen LogP contribution in [0.15, 0.2) is 35.7 Å². The van der Waals surface area contributed by atoms with Crippen molar-refractivity contribution in [2.24, 2.45) is 0 Å². The molecule has 1 aliphatic heterocycles. The smallest absolute Gasteiger partial charge is 0.251 e. The van der Waals surface area contributed by atoms with E-state index >= 15 is 0 Å². The van der Waals surface area contributed by atoms with Crippen molar-refractivity contribution in [1.29, 1.82) is 0 Å². The number of benzene rings is 1. The predicted molar refractivity (Wildman–Crippen MR) is 118 cm³/mol. The van der Waals surface area contributed by atoms with Crippen LogP contribution in [0.2, 0.25) is 5.02 Å². The number of fused-ring (bicyclic) bond motifs is 1. The van der Waals surface area contributed by atoms with E-state index in [-0.39, 0.29) is 11.8 Å². The Morgan fingerprint density at radius 3 is 2.67 bits per heavy atom. The van der Waals surface area contributed by atoms with E-state index in [0.717, 1.165) is 30.0 Å². The first kappa shape index (κ1) is 20.6. The molecule has 4 rings (SSSR count). The van der Waals surface area contributed by atoms with Crippen LogP contribution in [0.1, 0.15) is 38.6 Å². The molecule has 0 saturated carbocycles. The monoisotopic (exact) mass is 442 g/mol. The van der Waals surface area contributed by atoms with E-state index < -0.39 is 0 Å². The van der Waals surface area contributed by atoms with Gasteiger partial charge in [-0.1, -0.05) is 11.6 Å². The van der Waals surface area contributed by atoms with E-state index in [4.69, 9.17) is 11.6 Å². The van der Waals surface area contributed by atoms with Crippen LogP contribution >= 0.6 is 22.9 Å². The first-order chi connectivity index (χ1) is 14.4. The lowest BCUT2D eigenvalue weighted by Gasteiger charge is -2.27. The summed E-state index contributed by atoms with van der Waals surface area (Å²) in [6, 6.07) is 9.26. The molecular formula is C22H23ClN4O2S. The third kappa shape index (κ3) is 4.13. The Morgan fingerprint density at radius 2 is 1.97 bits per heavy atom. The van der Waals surface area contributed by atoms with Crippen molar-refractivity contribution in [2.75, 3.05) is 13.1 Å². The molecule has 0 unspecified atom stereocenters. The van der Waals surface area contributed by atoms with Gasteiger partial charge in [0.15, 0.2) is 0 Å². The summed E-state index contributed by atoms with van der Waals surface area (Å²) in [5.74, 6) is -0.122. The van der Waals surface area contributed by atoms with Crippen LogP contribution in [-0.2, 0) is 17.8 Å². The van der Waals surface area contributed by atoms with Gasteiger partial charge in [0, 0.05) is 36.5 Å². The molecule has 1 aliphatic rings. The van der Waals surface area contributed by atoms with Crippen molar-refractivity contribution in [3.05, 3.63) is 68.1 Å². The van der Waals surface area contributed by atoms with Gasteiger partial charge >= 0.3 is 0 Å². The number of nitrogens with zero attached hydrogens (tertiary/aromatic N) is 3. The summed E-state index contributed by atoms with van der Waals surface area (Å²) >= 11 is 7.96. The highest BCUT2D eigenvalue weighted by atomic mass is 35.5. The molecule has 0 saturated heterocycles. The van der Waals surface area contributed by atoms with Gasteiger partial charge in [-0.25, -0.2) is 4.68 Å². The van der Waals surface area contributed by atoms with Gasteiger partial charge in [0.25, 0.3) is 5.91 Å². The number of aryl methyl sites for hydroxylation is 1. The van der Waals surface area contributed by atoms with Crippen molar-refractivity contribution < 1.29 is 9.59 Å². The van der Waals surface area contributed by atoms with Crippen LogP contribution in [0.3, 0.4) is 0 Å². The van der Waals surface area contributed by atoms with Gasteiger partial charge < -0.3 is 10.2 Å². The van der Waals surface area contributed by atoms with Gasteiger partial charge in [0.1, 0.15) is 0 Å². The Labute approximate surface area is 184 Å². The molecule has 0 spiro atoms. The van der Waals surface area contributed by atoms with Crippen LogP contribution in [0, 0.1) is 13.8 Å². The maximum atomic E-state index is 12.5. The molecular weight excluding hydrogens is 420 g/mol. The summed E-state index contributed by atoms with van der Waals surface area (Å²) in [6.45, 7) is 5.50. The molecule has 3 aromatic rings. The van der Waals surface area contributed by atoms with Crippen molar-refractivity contribution in [2.45, 2.75) is 33.2 Å². The van der Waals surface area contributed by atoms with Crippen LogP contribution in [0.25, 0.3) is 5.69 Å². The number of carbonyl (C=O) groups excluding carboxylic acids is 2. The SMILES string of the molecule is Cc1nn(-c2ccc(C(=O)NCCC(=O)N3CCc4sccc4C3)cc2)c(C)c1Cl. The van der Waals surface area contributed by atoms with Crippen molar-refractivity contribution in [3.63, 3.8) is 0 Å². The number of carbonyl (C=O) groups is 2. The second-order valence-electron chi connectivity index (χ2n) is 7.38. The number of hydrogen-bond donors (Lipinski definition) is 1. The first-order valence-corrected chi connectivity index (χ1v) is 11.1. The van der Waals surface area contributed by atoms with Gasteiger partial charge in [0.05, 0.1) is 22.1 Å². The zero-order chi connectivity index (χ0) is 21.3. The molecule has 0 fully saturated rings. The number of rotatable bonds is 5. The molecule has 2 aromatic heterocycles. The molecule has 0 bridgehead atoms. The van der Waals surface area contributed by atoms with Crippen LogP contribution in [0.4, 0.5) is 0 Å². The first-order valence-electron chi connectivity index (χ1n) is 9.87. The number of aromatic nitrogens is 2. The Bertz CT molecular complexity index is 1090. The minimum atomic E-state index is -0.195. The van der Waals surface area contributed by atoms with Gasteiger partial charge in [0.2, 0.25) is 5.91 Å². The normalized spacial score (nSPS) is 13.2. The zero-order valence-electron chi connectivity index (χ0n) is 16.9. The number of hydrogen-bond acceptors (Lipinski definition) is 4. The van der Waals surface area contributed by atoms with Crippen LogP contribution in [-0.4, -0.2) is 39.6 Å². The summed E-state index contributed by atoms with van der Waals surface area (Å²) in [5, 5.41) is 9.98. The zero-order valence-corrected chi connectivity index (χ0v) is 18.5. The summed E-state index contributed by atoms with van der Waals surface area (Å²) in [5.41, 5.74) is 4.25. The molecule has 1 N–H and O–H groups in total. The highest BCUT2D eigenvalue weighted by Gasteiger charge is 2.21. The molecule has 156 valence electrons. The molecule has 3 heterocycles. The molecule has 1 aromatic carbocycles. The third-order valence-corrected chi connectivity index (χ3v) is 6.93. The standard InChI is InChI=1S/C22H23ClN4O2S/c1-14-21(23)15(2)27(25-14)18-5-3-16(4-6-18)22(29)24-10-7-20(28)26-11-8-19-17(13-26)9-12-30-19/h3-6,9,12H,7-8,10-11,13H2,1-2H3,(H,24,29). The van der Waals surface area contributed by atoms with E-state index in [1.54, 1.807) is 28.2 Å². The summed E-state index contributed by atoms with van der Waals surface area (Å²) in [6.07, 6.45) is 1.21. The Kier molecular flexibility index (Phi) is 5.92. The predicted octanol–water partition coefficient (Wildman–Crippen LogP) is 3.91. The van der Waals surface area contributed by atoms with Crippen molar-refractivity contribution in [3.8, 4) is 5.69 Å². The van der Waals surface area contributed by atoms with Gasteiger partial charge in [-0.2, -0.15) is 5.10 Å². The van der Waals surface area contributed by atoms with E-state index in [1.165, 1.54) is 10.4 Å². The summed E-state index contributed by atoms with van der Waals surface area (Å²) < 4.78 is 1.76. The molecule has 6 nitrogen and oxygen atoms in total. The second-order valence-corrected chi connectivity index (χ2v) is 8.76. The van der Waals surface area contributed by atoms with E-state index in [0.29, 0.717) is 30.1 Å². The number of halogens is 1. The van der Waals surface area contributed by atoms with Crippen molar-refractivity contribution >= 4 is 34.8 Å². The summed E-state index contributed by atoms with van der Waals surface area (Å²) in [4.78, 5) is 28.1. The minimum Gasteiger partial charge on any atom is -0.352 e. The number of thiophene rings is 1. The van der Waals surface area contributed by atoms with Gasteiger partial charge in [-0.05, 0) is 61.5 Å². The number of nitrogens with one attached hydrogen (secondary N) is 1. The molecule has 0 atom stereocenters. The van der Waals surface area contributed by atoms with Gasteiger partial charge in [-0.3, -0.25) is 9.59 Å². The Hall–Kier alpha value is -2.64. The molecule has 8 heteroatoms. The molecule has 2 amide bonds.